The molecule has 0 atom stereocenters. The van der Waals surface area contributed by atoms with Gasteiger partial charge in [0.2, 0.25) is 5.91 Å². The molecule has 0 saturated carbocycles. The van der Waals surface area contributed by atoms with Gasteiger partial charge in [0, 0.05) is 24.3 Å². The molecule has 0 aliphatic carbocycles. The van der Waals surface area contributed by atoms with Crippen molar-refractivity contribution in [1.82, 2.24) is 10.3 Å². The van der Waals surface area contributed by atoms with Gasteiger partial charge in [-0.3, -0.25) is 4.79 Å². The summed E-state index contributed by atoms with van der Waals surface area (Å²) in [6, 6.07) is 8.30. The van der Waals surface area contributed by atoms with E-state index < -0.39 is 0 Å². The van der Waals surface area contributed by atoms with Gasteiger partial charge in [-0.25, -0.2) is 9.78 Å². The highest BCUT2D eigenvalue weighted by Crippen LogP contribution is 2.17. The van der Waals surface area contributed by atoms with E-state index in [9.17, 15) is 9.59 Å². The number of alkyl carbamates (subject to hydrolysis) is 1. The molecule has 0 aliphatic heterocycles. The highest BCUT2D eigenvalue weighted by Gasteiger charge is 2.14. The van der Waals surface area contributed by atoms with Crippen molar-refractivity contribution < 1.29 is 14.3 Å². The fraction of sp³-hybridized carbons (Fsp3) is 0.450. The number of hydrogen-bond acceptors (Lipinski definition) is 5. The number of ether oxygens (including phenoxy) is 1. The lowest BCUT2D eigenvalue weighted by molar-refractivity contribution is -0.114. The minimum atomic E-state index is -0.388. The highest BCUT2D eigenvalue weighted by molar-refractivity contribution is 7.13. The van der Waals surface area contributed by atoms with E-state index in [1.807, 2.05) is 26.2 Å². The molecule has 1 aromatic heterocycles. The van der Waals surface area contributed by atoms with Crippen molar-refractivity contribution in [3.05, 3.63) is 46.5 Å². The first-order valence-electron chi connectivity index (χ1n) is 8.96. The van der Waals surface area contributed by atoms with Crippen LogP contribution in [0.1, 0.15) is 44.5 Å². The van der Waals surface area contributed by atoms with Crippen LogP contribution in [0.4, 0.5) is 9.93 Å². The first-order valence-corrected chi connectivity index (χ1v) is 9.84. The van der Waals surface area contributed by atoms with Crippen LogP contribution < -0.4 is 10.6 Å². The minimum absolute atomic E-state index is 0.105. The second-order valence-corrected chi connectivity index (χ2v) is 8.26. The van der Waals surface area contributed by atoms with Crippen LogP contribution in [0.25, 0.3) is 0 Å². The third-order valence-electron chi connectivity index (χ3n) is 3.63. The molecule has 27 heavy (non-hydrogen) atoms. The van der Waals surface area contributed by atoms with E-state index >= 15 is 0 Å². The number of thiazole rings is 1. The number of nitrogens with zero attached hydrogens (tertiary/aromatic N) is 1. The lowest BCUT2D eigenvalue weighted by Crippen LogP contribution is -2.41. The number of aromatic nitrogens is 1. The summed E-state index contributed by atoms with van der Waals surface area (Å²) in [5.41, 5.74) is 3.04. The van der Waals surface area contributed by atoms with E-state index in [0.29, 0.717) is 18.2 Å². The number of benzene rings is 1. The summed E-state index contributed by atoms with van der Waals surface area (Å²) in [6.45, 7) is 7.58. The van der Waals surface area contributed by atoms with Gasteiger partial charge in [-0.1, -0.05) is 24.3 Å². The fourth-order valence-electron chi connectivity index (χ4n) is 2.38. The van der Waals surface area contributed by atoms with E-state index in [1.54, 1.807) is 0 Å². The molecule has 1 heterocycles. The van der Waals surface area contributed by atoms with Gasteiger partial charge in [0.15, 0.2) is 5.13 Å². The van der Waals surface area contributed by atoms with Crippen molar-refractivity contribution in [2.45, 2.75) is 52.5 Å². The van der Waals surface area contributed by atoms with Gasteiger partial charge in [-0.2, -0.15) is 0 Å². The Balaban J connectivity index is 1.74. The van der Waals surface area contributed by atoms with Crippen LogP contribution in [0.15, 0.2) is 29.6 Å². The molecule has 0 bridgehead atoms. The molecule has 2 aromatic rings. The highest BCUT2D eigenvalue weighted by atomic mass is 32.1. The Morgan fingerprint density at radius 3 is 2.30 bits per heavy atom. The van der Waals surface area contributed by atoms with Gasteiger partial charge in [0.05, 0.1) is 12.3 Å². The van der Waals surface area contributed by atoms with Gasteiger partial charge in [-0.15, -0.1) is 11.3 Å². The predicted octanol–water partition coefficient (Wildman–Crippen LogP) is 3.95. The molecule has 6 nitrogen and oxygen atoms in total. The van der Waals surface area contributed by atoms with Gasteiger partial charge in [-0.05, 0) is 44.7 Å². The first kappa shape index (κ1) is 20.9. The topological polar surface area (TPSA) is 80.3 Å². The number of anilines is 1. The Morgan fingerprint density at radius 2 is 1.70 bits per heavy atom. The van der Waals surface area contributed by atoms with E-state index in [-0.39, 0.29) is 17.5 Å². The number of amides is 2. The quantitative estimate of drug-likeness (QED) is 0.751. The molecule has 0 fully saturated rings. The van der Waals surface area contributed by atoms with Crippen molar-refractivity contribution in [2.75, 3.05) is 11.9 Å². The summed E-state index contributed by atoms with van der Waals surface area (Å²) in [5, 5.41) is 8.08. The number of nitrogens with one attached hydrogen (secondary N) is 2. The van der Waals surface area contributed by atoms with Crippen LogP contribution in [0.3, 0.4) is 0 Å². The Morgan fingerprint density at radius 1 is 1.07 bits per heavy atom. The van der Waals surface area contributed by atoms with E-state index in [0.717, 1.165) is 24.1 Å². The maximum absolute atomic E-state index is 11.6. The zero-order valence-electron chi connectivity index (χ0n) is 16.3. The van der Waals surface area contributed by atoms with Crippen molar-refractivity contribution in [3.63, 3.8) is 0 Å². The summed E-state index contributed by atoms with van der Waals surface area (Å²) >= 11 is 1.44. The molecule has 0 aliphatic rings. The standard InChI is InChI=1S/C20H27N3O3S/c1-14(24)21-18-22-17(13-27-18)10-9-15-5-7-16(8-6-15)11-12-26-19(25)23-20(2,3)4/h5-8,13H,9-12H2,1-4H3,(H,23,25)(H,21,22,24). The van der Waals surface area contributed by atoms with E-state index in [1.165, 1.54) is 23.8 Å². The van der Waals surface area contributed by atoms with E-state index in [4.69, 9.17) is 4.74 Å². The molecule has 2 rings (SSSR count). The zero-order valence-corrected chi connectivity index (χ0v) is 17.1. The van der Waals surface area contributed by atoms with Crippen LogP contribution in [0, 0.1) is 0 Å². The Labute approximate surface area is 164 Å². The molecule has 0 unspecified atom stereocenters. The van der Waals surface area contributed by atoms with Crippen LogP contribution in [-0.2, 0) is 28.8 Å². The zero-order chi connectivity index (χ0) is 19.9. The summed E-state index contributed by atoms with van der Waals surface area (Å²) in [6.07, 6.45) is 2.00. The van der Waals surface area contributed by atoms with Crippen molar-refractivity contribution in [3.8, 4) is 0 Å². The summed E-state index contributed by atoms with van der Waals surface area (Å²) in [4.78, 5) is 27.1. The Hall–Kier alpha value is -2.41. The third-order valence-corrected chi connectivity index (χ3v) is 4.43. The second kappa shape index (κ2) is 9.50. The normalized spacial score (nSPS) is 11.1. The van der Waals surface area contributed by atoms with Crippen LogP contribution in [-0.4, -0.2) is 29.1 Å². The van der Waals surface area contributed by atoms with Crippen LogP contribution in [0.2, 0.25) is 0 Å². The van der Waals surface area contributed by atoms with Gasteiger partial charge < -0.3 is 15.4 Å². The van der Waals surface area contributed by atoms with Crippen molar-refractivity contribution in [1.29, 1.82) is 0 Å². The maximum atomic E-state index is 11.6. The SMILES string of the molecule is CC(=O)Nc1nc(CCc2ccc(CCOC(=O)NC(C)(C)C)cc2)cs1. The number of carbonyl (C=O) groups excluding carboxylic acids is 2. The second-order valence-electron chi connectivity index (χ2n) is 7.40. The third kappa shape index (κ3) is 8.21. The summed E-state index contributed by atoms with van der Waals surface area (Å²) in [5.74, 6) is -0.105. The van der Waals surface area contributed by atoms with Crippen LogP contribution >= 0.6 is 11.3 Å². The molecular formula is C20H27N3O3S. The molecule has 0 spiro atoms. The molecule has 0 radical (unpaired) electrons. The molecule has 2 N–H and O–H groups in total. The van der Waals surface area contributed by atoms with Gasteiger partial charge in [0.1, 0.15) is 0 Å². The lowest BCUT2D eigenvalue weighted by atomic mass is 10.1. The Bertz CT molecular complexity index is 764. The number of hydrogen-bond donors (Lipinski definition) is 2. The average Bonchev–Trinajstić information content (AvgIpc) is 2.99. The lowest BCUT2D eigenvalue weighted by Gasteiger charge is -2.19. The smallest absolute Gasteiger partial charge is 0.407 e. The molecule has 146 valence electrons. The summed E-state index contributed by atoms with van der Waals surface area (Å²) < 4.78 is 5.20. The van der Waals surface area contributed by atoms with Crippen molar-refractivity contribution in [2.24, 2.45) is 0 Å². The summed E-state index contributed by atoms with van der Waals surface area (Å²) in [7, 11) is 0. The maximum Gasteiger partial charge on any atom is 0.407 e. The largest absolute Gasteiger partial charge is 0.449 e. The molecular weight excluding hydrogens is 362 g/mol. The minimum Gasteiger partial charge on any atom is -0.449 e. The predicted molar refractivity (Wildman–Crippen MR) is 108 cm³/mol. The molecule has 1 aromatic carbocycles. The monoisotopic (exact) mass is 389 g/mol. The number of rotatable bonds is 7. The van der Waals surface area contributed by atoms with Crippen LogP contribution in [0.5, 0.6) is 0 Å². The van der Waals surface area contributed by atoms with Gasteiger partial charge in [0.25, 0.3) is 0 Å². The average molecular weight is 390 g/mol. The fourth-order valence-corrected chi connectivity index (χ4v) is 3.17. The Kier molecular flexibility index (Phi) is 7.36. The van der Waals surface area contributed by atoms with Gasteiger partial charge >= 0.3 is 6.09 Å². The first-order chi connectivity index (χ1) is 12.7. The molecule has 0 saturated heterocycles. The number of aryl methyl sites for hydroxylation is 2. The van der Waals surface area contributed by atoms with Crippen molar-refractivity contribution >= 4 is 28.5 Å². The number of carbonyl (C=O) groups is 2. The van der Waals surface area contributed by atoms with E-state index in [2.05, 4.69) is 39.9 Å². The molecule has 2 amide bonds. The molecule has 7 heteroatoms.